The fourth-order valence-electron chi connectivity index (χ4n) is 3.59. The predicted molar refractivity (Wildman–Crippen MR) is 130 cm³/mol. The van der Waals surface area contributed by atoms with E-state index < -0.39 is 41.4 Å². The number of halogens is 3. The van der Waals surface area contributed by atoms with Gasteiger partial charge >= 0.3 is 12.0 Å². The van der Waals surface area contributed by atoms with E-state index in [1.54, 1.807) is 6.92 Å². The number of aromatic nitrogens is 1. The molecule has 0 bridgehead atoms. The highest BCUT2D eigenvalue weighted by Crippen LogP contribution is 2.31. The number of piperazine rings is 1. The van der Waals surface area contributed by atoms with Gasteiger partial charge in [0.05, 0.1) is 5.56 Å². The number of rotatable bonds is 10. The van der Waals surface area contributed by atoms with Gasteiger partial charge in [-0.25, -0.2) is 18.4 Å². The van der Waals surface area contributed by atoms with Gasteiger partial charge in [0.1, 0.15) is 23.2 Å². The zero-order valence-corrected chi connectivity index (χ0v) is 21.1. The molecule has 3 amide bonds. The van der Waals surface area contributed by atoms with E-state index in [0.29, 0.717) is 37.6 Å². The summed E-state index contributed by atoms with van der Waals surface area (Å²) < 4.78 is 37.0. The average molecular weight is 546 g/mol. The summed E-state index contributed by atoms with van der Waals surface area (Å²) in [4.78, 5) is 39.4. The predicted octanol–water partition coefficient (Wildman–Crippen LogP) is 3.42. The number of carbonyl (C=O) groups is 3. The van der Waals surface area contributed by atoms with Crippen LogP contribution in [0.3, 0.4) is 0 Å². The highest BCUT2D eigenvalue weighted by Gasteiger charge is 2.24. The monoisotopic (exact) mass is 545 g/mol. The van der Waals surface area contributed by atoms with Crippen molar-refractivity contribution in [1.29, 1.82) is 0 Å². The molecule has 1 saturated heterocycles. The van der Waals surface area contributed by atoms with Crippen molar-refractivity contribution in [3.8, 4) is 5.88 Å². The van der Waals surface area contributed by atoms with Crippen LogP contribution in [0.15, 0.2) is 12.1 Å². The van der Waals surface area contributed by atoms with Gasteiger partial charge in [-0.05, 0) is 43.1 Å². The molecule has 0 unspecified atom stereocenters. The highest BCUT2D eigenvalue weighted by atomic mass is 35.5. The average Bonchev–Trinajstić information content (AvgIpc) is 3.21. The lowest BCUT2D eigenvalue weighted by Crippen LogP contribution is -2.48. The standard InChI is InChI=1S/C22H26ClF2N5O5S/c1-13(31)30-8-6-29(7-9-30)5-3-2-4-26-22(34)27-20-18(21(32)33)19(28-36-20)35-12-15-16(24)10-14(23)11-17(15)25/h10-11H,2-9,12H2,1H3,(H,32,33)(H2,26,27,34). The number of anilines is 1. The molecule has 3 N–H and O–H groups in total. The second-order valence-corrected chi connectivity index (χ2v) is 9.28. The summed E-state index contributed by atoms with van der Waals surface area (Å²) in [5.41, 5.74) is -0.855. The maximum absolute atomic E-state index is 14.0. The number of urea groups is 1. The Bertz CT molecular complexity index is 1090. The van der Waals surface area contributed by atoms with Crippen molar-refractivity contribution in [3.63, 3.8) is 0 Å². The van der Waals surface area contributed by atoms with E-state index in [1.165, 1.54) is 0 Å². The molecule has 36 heavy (non-hydrogen) atoms. The first kappa shape index (κ1) is 27.6. The van der Waals surface area contributed by atoms with Crippen LogP contribution in [0.4, 0.5) is 18.6 Å². The molecule has 3 rings (SSSR count). The Balaban J connectivity index is 1.45. The van der Waals surface area contributed by atoms with Crippen LogP contribution in [0.25, 0.3) is 0 Å². The number of unbranched alkanes of at least 4 members (excludes halogenated alkanes) is 1. The number of hydrogen-bond acceptors (Lipinski definition) is 7. The van der Waals surface area contributed by atoms with Crippen molar-refractivity contribution >= 4 is 46.0 Å². The number of carboxylic acid groups (broad SMARTS) is 1. The third-order valence-electron chi connectivity index (χ3n) is 5.57. The van der Waals surface area contributed by atoms with Gasteiger partial charge in [0.2, 0.25) is 11.8 Å². The normalized spacial score (nSPS) is 13.9. The number of aromatic carboxylic acids is 1. The van der Waals surface area contributed by atoms with Crippen LogP contribution in [-0.2, 0) is 11.4 Å². The molecule has 2 heterocycles. The van der Waals surface area contributed by atoms with Gasteiger partial charge in [0, 0.05) is 44.7 Å². The summed E-state index contributed by atoms with van der Waals surface area (Å²) in [6, 6.07) is 1.21. The Morgan fingerprint density at radius 1 is 1.17 bits per heavy atom. The third kappa shape index (κ3) is 7.48. The molecule has 0 aliphatic carbocycles. The molecule has 0 atom stereocenters. The largest absolute Gasteiger partial charge is 0.477 e. The number of benzene rings is 1. The minimum atomic E-state index is -1.42. The minimum Gasteiger partial charge on any atom is -0.477 e. The van der Waals surface area contributed by atoms with Crippen molar-refractivity contribution in [2.75, 3.05) is 44.6 Å². The Labute approximate surface area is 215 Å². The van der Waals surface area contributed by atoms with E-state index in [9.17, 15) is 28.3 Å². The Kier molecular flexibility index (Phi) is 9.79. The number of nitrogens with one attached hydrogen (secondary N) is 2. The first-order chi connectivity index (χ1) is 17.2. The molecule has 1 aliphatic rings. The lowest BCUT2D eigenvalue weighted by molar-refractivity contribution is -0.130. The molecular formula is C22H26ClF2N5O5S. The van der Waals surface area contributed by atoms with Crippen molar-refractivity contribution < 1.29 is 33.0 Å². The SMILES string of the molecule is CC(=O)N1CCN(CCCCNC(=O)Nc2snc(OCc3c(F)cc(Cl)cc3F)c2C(=O)O)CC1. The molecule has 1 fully saturated rings. The minimum absolute atomic E-state index is 0.0737. The maximum atomic E-state index is 14.0. The third-order valence-corrected chi connectivity index (χ3v) is 6.53. The summed E-state index contributed by atoms with van der Waals surface area (Å²) >= 11 is 6.26. The number of carbonyl (C=O) groups excluding carboxylic acids is 2. The van der Waals surface area contributed by atoms with E-state index in [1.807, 2.05) is 4.90 Å². The summed E-state index contributed by atoms with van der Waals surface area (Å²) in [5.74, 6) is -3.59. The van der Waals surface area contributed by atoms with Gasteiger partial charge in [-0.3, -0.25) is 15.0 Å². The second kappa shape index (κ2) is 12.8. The Morgan fingerprint density at radius 2 is 1.83 bits per heavy atom. The van der Waals surface area contributed by atoms with Gasteiger partial charge in [0.25, 0.3) is 0 Å². The quantitative estimate of drug-likeness (QED) is 0.391. The van der Waals surface area contributed by atoms with Gasteiger partial charge in [0.15, 0.2) is 5.56 Å². The number of ether oxygens (including phenoxy) is 1. The van der Waals surface area contributed by atoms with Crippen molar-refractivity contribution in [2.45, 2.75) is 26.4 Å². The molecule has 2 aromatic rings. The van der Waals surface area contributed by atoms with E-state index >= 15 is 0 Å². The summed E-state index contributed by atoms with van der Waals surface area (Å²) in [5, 5.41) is 14.4. The van der Waals surface area contributed by atoms with Gasteiger partial charge in [-0.15, -0.1) is 0 Å². The summed E-state index contributed by atoms with van der Waals surface area (Å²) in [6.45, 7) is 5.24. The molecule has 10 nitrogen and oxygen atoms in total. The number of carboxylic acids is 1. The van der Waals surface area contributed by atoms with Crippen LogP contribution in [-0.4, -0.2) is 76.5 Å². The molecule has 0 spiro atoms. The molecule has 14 heteroatoms. The summed E-state index contributed by atoms with van der Waals surface area (Å²) in [7, 11) is 0. The van der Waals surface area contributed by atoms with Crippen LogP contribution in [0.1, 0.15) is 35.7 Å². The first-order valence-corrected chi connectivity index (χ1v) is 12.3. The van der Waals surface area contributed by atoms with E-state index in [4.69, 9.17) is 16.3 Å². The highest BCUT2D eigenvalue weighted by molar-refractivity contribution is 7.11. The molecule has 0 radical (unpaired) electrons. The molecule has 0 saturated carbocycles. The molecular weight excluding hydrogens is 520 g/mol. The van der Waals surface area contributed by atoms with E-state index in [2.05, 4.69) is 19.9 Å². The topological polar surface area (TPSA) is 124 Å². The van der Waals surface area contributed by atoms with Gasteiger partial charge < -0.3 is 20.1 Å². The van der Waals surface area contributed by atoms with Crippen molar-refractivity contribution in [2.24, 2.45) is 0 Å². The van der Waals surface area contributed by atoms with Gasteiger partial charge in [-0.2, -0.15) is 4.37 Å². The van der Waals surface area contributed by atoms with Crippen LogP contribution >= 0.6 is 23.1 Å². The van der Waals surface area contributed by atoms with Crippen LogP contribution < -0.4 is 15.4 Å². The number of hydrogen-bond donors (Lipinski definition) is 3. The lowest BCUT2D eigenvalue weighted by Gasteiger charge is -2.34. The Morgan fingerprint density at radius 3 is 2.44 bits per heavy atom. The first-order valence-electron chi connectivity index (χ1n) is 11.2. The fourth-order valence-corrected chi connectivity index (χ4v) is 4.51. The van der Waals surface area contributed by atoms with Gasteiger partial charge in [-0.1, -0.05) is 11.6 Å². The van der Waals surface area contributed by atoms with Crippen LogP contribution in [0.2, 0.25) is 5.02 Å². The van der Waals surface area contributed by atoms with E-state index in [-0.39, 0.29) is 21.8 Å². The van der Waals surface area contributed by atoms with Crippen molar-refractivity contribution in [1.82, 2.24) is 19.5 Å². The van der Waals surface area contributed by atoms with Crippen LogP contribution in [0, 0.1) is 11.6 Å². The number of amides is 3. The number of nitrogens with zero attached hydrogens (tertiary/aromatic N) is 3. The second-order valence-electron chi connectivity index (χ2n) is 8.07. The lowest BCUT2D eigenvalue weighted by atomic mass is 10.2. The fraction of sp³-hybridized carbons (Fsp3) is 0.455. The molecule has 1 aliphatic heterocycles. The van der Waals surface area contributed by atoms with Crippen LogP contribution in [0.5, 0.6) is 5.88 Å². The van der Waals surface area contributed by atoms with Crippen molar-refractivity contribution in [3.05, 3.63) is 39.9 Å². The van der Waals surface area contributed by atoms with E-state index in [0.717, 1.165) is 38.2 Å². The molecule has 1 aromatic carbocycles. The zero-order chi connectivity index (χ0) is 26.2. The smallest absolute Gasteiger partial charge is 0.344 e. The summed E-state index contributed by atoms with van der Waals surface area (Å²) in [6.07, 6.45) is 1.55. The molecule has 196 valence electrons. The molecule has 1 aromatic heterocycles. The zero-order valence-electron chi connectivity index (χ0n) is 19.5. The Hall–Kier alpha value is -3.03. The maximum Gasteiger partial charge on any atom is 0.344 e.